The van der Waals surface area contributed by atoms with Crippen LogP contribution >= 0.6 is 23.1 Å². The molecule has 0 aliphatic rings. The topological polar surface area (TPSA) is 54.9 Å². The van der Waals surface area contributed by atoms with Crippen LogP contribution in [0.15, 0.2) is 66.0 Å². The zero-order chi connectivity index (χ0) is 19.5. The molecule has 0 aliphatic heterocycles. The standard InChI is InChI=1S/C21H16FN3OS2/c1-13-18(14-7-3-2-4-8-14)19-20(23-12-24-21(19)28-13)27-11-17(26)25-16-10-6-5-9-15(16)22/h2-10,12H,11H2,1H3,(H,25,26). The molecule has 0 saturated carbocycles. The van der Waals surface area contributed by atoms with Crippen LogP contribution in [0.1, 0.15) is 4.88 Å². The minimum absolute atomic E-state index is 0.129. The molecule has 1 amide bonds. The van der Waals surface area contributed by atoms with E-state index in [9.17, 15) is 9.18 Å². The van der Waals surface area contributed by atoms with Crippen LogP contribution in [0.5, 0.6) is 0 Å². The van der Waals surface area contributed by atoms with Crippen molar-refractivity contribution in [3.63, 3.8) is 0 Å². The van der Waals surface area contributed by atoms with Gasteiger partial charge >= 0.3 is 0 Å². The molecule has 4 rings (SSSR count). The van der Waals surface area contributed by atoms with Crippen LogP contribution in [0.2, 0.25) is 0 Å². The number of aryl methyl sites for hydroxylation is 1. The smallest absolute Gasteiger partial charge is 0.234 e. The molecule has 0 unspecified atom stereocenters. The molecule has 4 nitrogen and oxygen atoms in total. The van der Waals surface area contributed by atoms with Crippen molar-refractivity contribution in [3.8, 4) is 11.1 Å². The van der Waals surface area contributed by atoms with Gasteiger partial charge in [0.25, 0.3) is 0 Å². The molecule has 2 aromatic heterocycles. The van der Waals surface area contributed by atoms with Gasteiger partial charge in [-0.1, -0.05) is 54.2 Å². The van der Waals surface area contributed by atoms with Crippen LogP contribution in [0.25, 0.3) is 21.3 Å². The number of hydrogen-bond donors (Lipinski definition) is 1. The Kier molecular flexibility index (Phi) is 5.36. The number of para-hydroxylation sites is 1. The van der Waals surface area contributed by atoms with Gasteiger partial charge in [-0.25, -0.2) is 14.4 Å². The number of nitrogens with one attached hydrogen (secondary N) is 1. The van der Waals surface area contributed by atoms with Gasteiger partial charge in [-0.05, 0) is 24.6 Å². The van der Waals surface area contributed by atoms with Gasteiger partial charge in [-0.2, -0.15) is 0 Å². The summed E-state index contributed by atoms with van der Waals surface area (Å²) in [5.74, 6) is -0.607. The van der Waals surface area contributed by atoms with Crippen molar-refractivity contribution in [1.82, 2.24) is 9.97 Å². The molecule has 7 heteroatoms. The first-order valence-corrected chi connectivity index (χ1v) is 10.4. The number of carbonyl (C=O) groups is 1. The molecule has 0 fully saturated rings. The molecule has 0 spiro atoms. The highest BCUT2D eigenvalue weighted by atomic mass is 32.2. The van der Waals surface area contributed by atoms with Crippen molar-refractivity contribution in [1.29, 1.82) is 0 Å². The lowest BCUT2D eigenvalue weighted by molar-refractivity contribution is -0.113. The molecule has 2 heterocycles. The Morgan fingerprint density at radius 1 is 1.11 bits per heavy atom. The van der Waals surface area contributed by atoms with Crippen molar-refractivity contribution in [2.45, 2.75) is 11.9 Å². The molecular formula is C21H16FN3OS2. The zero-order valence-electron chi connectivity index (χ0n) is 15.0. The number of thiophene rings is 1. The van der Waals surface area contributed by atoms with Gasteiger partial charge in [0.1, 0.15) is 22.0 Å². The van der Waals surface area contributed by atoms with Gasteiger partial charge < -0.3 is 5.32 Å². The van der Waals surface area contributed by atoms with Crippen molar-refractivity contribution < 1.29 is 9.18 Å². The number of anilines is 1. The third-order valence-corrected chi connectivity index (χ3v) is 6.18. The number of benzene rings is 2. The van der Waals surface area contributed by atoms with Crippen molar-refractivity contribution in [2.24, 2.45) is 0 Å². The van der Waals surface area contributed by atoms with Crippen LogP contribution < -0.4 is 5.32 Å². The molecule has 2 aromatic carbocycles. The molecule has 0 aliphatic carbocycles. The maximum absolute atomic E-state index is 13.7. The first-order valence-electron chi connectivity index (χ1n) is 8.60. The van der Waals surface area contributed by atoms with Crippen LogP contribution in [0, 0.1) is 12.7 Å². The number of thioether (sulfide) groups is 1. The Labute approximate surface area is 169 Å². The van der Waals surface area contributed by atoms with E-state index < -0.39 is 5.82 Å². The number of amides is 1. The second kappa shape index (κ2) is 8.08. The lowest BCUT2D eigenvalue weighted by atomic mass is 10.0. The lowest BCUT2D eigenvalue weighted by Gasteiger charge is -2.08. The highest BCUT2D eigenvalue weighted by Gasteiger charge is 2.18. The summed E-state index contributed by atoms with van der Waals surface area (Å²) in [6.07, 6.45) is 1.52. The van der Waals surface area contributed by atoms with Gasteiger partial charge in [-0.15, -0.1) is 11.3 Å². The summed E-state index contributed by atoms with van der Waals surface area (Å²) in [5.41, 5.74) is 2.37. The Hall–Kier alpha value is -2.77. The molecule has 0 atom stereocenters. The van der Waals surface area contributed by atoms with E-state index in [2.05, 4.69) is 34.3 Å². The van der Waals surface area contributed by atoms with Gasteiger partial charge in [-0.3, -0.25) is 4.79 Å². The maximum atomic E-state index is 13.7. The zero-order valence-corrected chi connectivity index (χ0v) is 16.6. The Morgan fingerprint density at radius 3 is 2.64 bits per heavy atom. The third kappa shape index (κ3) is 3.76. The fraction of sp³-hybridized carbons (Fsp3) is 0.0952. The molecular weight excluding hydrogens is 393 g/mol. The summed E-state index contributed by atoms with van der Waals surface area (Å²) in [4.78, 5) is 23.1. The molecule has 28 heavy (non-hydrogen) atoms. The van der Waals surface area contributed by atoms with E-state index in [1.165, 1.54) is 30.2 Å². The minimum Gasteiger partial charge on any atom is -0.323 e. The number of hydrogen-bond acceptors (Lipinski definition) is 5. The monoisotopic (exact) mass is 409 g/mol. The second-order valence-corrected chi connectivity index (χ2v) is 8.24. The maximum Gasteiger partial charge on any atom is 0.234 e. The van der Waals surface area contributed by atoms with Gasteiger partial charge in [0.05, 0.1) is 16.8 Å². The third-order valence-electron chi connectivity index (χ3n) is 4.18. The second-order valence-electron chi connectivity index (χ2n) is 6.07. The van der Waals surface area contributed by atoms with E-state index in [4.69, 9.17) is 0 Å². The molecule has 0 radical (unpaired) electrons. The van der Waals surface area contributed by atoms with Crippen LogP contribution in [0.4, 0.5) is 10.1 Å². The molecule has 1 N–H and O–H groups in total. The van der Waals surface area contributed by atoms with Crippen molar-refractivity contribution in [2.75, 3.05) is 11.1 Å². The highest BCUT2D eigenvalue weighted by molar-refractivity contribution is 8.00. The molecule has 4 aromatic rings. The summed E-state index contributed by atoms with van der Waals surface area (Å²) in [5, 5.41) is 4.31. The first kappa shape index (κ1) is 18.6. The van der Waals surface area contributed by atoms with Crippen LogP contribution in [-0.2, 0) is 4.79 Å². The Morgan fingerprint density at radius 2 is 1.86 bits per heavy atom. The number of rotatable bonds is 5. The van der Waals surface area contributed by atoms with E-state index >= 15 is 0 Å². The van der Waals surface area contributed by atoms with Gasteiger partial charge in [0.15, 0.2) is 0 Å². The first-order chi connectivity index (χ1) is 13.6. The summed E-state index contributed by atoms with van der Waals surface area (Å²) in [6.45, 7) is 2.06. The number of fused-ring (bicyclic) bond motifs is 1. The molecule has 140 valence electrons. The quantitative estimate of drug-likeness (QED) is 0.347. The molecule has 0 saturated heterocycles. The number of halogens is 1. The number of nitrogens with zero attached hydrogens (tertiary/aromatic N) is 2. The number of aromatic nitrogens is 2. The predicted octanol–water partition coefficient (Wildman–Crippen LogP) is 5.54. The Bertz CT molecular complexity index is 1150. The summed E-state index contributed by atoms with van der Waals surface area (Å²) < 4.78 is 13.7. The normalized spacial score (nSPS) is 10.9. The predicted molar refractivity (Wildman–Crippen MR) is 113 cm³/mol. The average molecular weight is 410 g/mol. The van der Waals surface area contributed by atoms with Crippen LogP contribution in [0.3, 0.4) is 0 Å². The minimum atomic E-state index is -0.454. The van der Waals surface area contributed by atoms with Crippen molar-refractivity contribution >= 4 is 44.9 Å². The summed E-state index contributed by atoms with van der Waals surface area (Å²) in [7, 11) is 0. The van der Waals surface area contributed by atoms with Crippen molar-refractivity contribution in [3.05, 3.63) is 71.6 Å². The van der Waals surface area contributed by atoms with Gasteiger partial charge in [0, 0.05) is 10.4 Å². The van der Waals surface area contributed by atoms with E-state index in [1.54, 1.807) is 23.5 Å². The highest BCUT2D eigenvalue weighted by Crippen LogP contribution is 2.41. The largest absolute Gasteiger partial charge is 0.323 e. The molecule has 0 bridgehead atoms. The SMILES string of the molecule is Cc1sc2ncnc(SCC(=O)Nc3ccccc3F)c2c1-c1ccccc1. The van der Waals surface area contributed by atoms with E-state index in [1.807, 2.05) is 18.2 Å². The van der Waals surface area contributed by atoms with Crippen LogP contribution in [-0.4, -0.2) is 21.6 Å². The van der Waals surface area contributed by atoms with Gasteiger partial charge in [0.2, 0.25) is 5.91 Å². The lowest BCUT2D eigenvalue weighted by Crippen LogP contribution is -2.15. The van der Waals surface area contributed by atoms with E-state index in [0.717, 1.165) is 31.2 Å². The summed E-state index contributed by atoms with van der Waals surface area (Å²) in [6, 6.07) is 16.2. The Balaban J connectivity index is 1.61. The fourth-order valence-electron chi connectivity index (χ4n) is 2.96. The van der Waals surface area contributed by atoms with E-state index in [0.29, 0.717) is 0 Å². The summed E-state index contributed by atoms with van der Waals surface area (Å²) >= 11 is 2.94. The number of carbonyl (C=O) groups excluding carboxylic acids is 1. The average Bonchev–Trinajstić information content (AvgIpc) is 3.05. The van der Waals surface area contributed by atoms with E-state index in [-0.39, 0.29) is 17.3 Å². The fourth-order valence-corrected chi connectivity index (χ4v) is 4.84.